The van der Waals surface area contributed by atoms with Crippen LogP contribution in [-0.2, 0) is 11.2 Å². The van der Waals surface area contributed by atoms with Gasteiger partial charge in [0.25, 0.3) is 0 Å². The van der Waals surface area contributed by atoms with Crippen LogP contribution in [0, 0.1) is 0 Å². The number of nitrogens with zero attached hydrogens (tertiary/aromatic N) is 1. The highest BCUT2D eigenvalue weighted by Crippen LogP contribution is 2.15. The zero-order chi connectivity index (χ0) is 13.4. The lowest BCUT2D eigenvalue weighted by atomic mass is 10.1. The Morgan fingerprint density at radius 2 is 1.83 bits per heavy atom. The third kappa shape index (κ3) is 5.21. The maximum Gasteiger partial charge on any atom is 0.303 e. The van der Waals surface area contributed by atoms with E-state index in [1.165, 1.54) is 11.3 Å². The van der Waals surface area contributed by atoms with Crippen LogP contribution >= 0.6 is 0 Å². The van der Waals surface area contributed by atoms with Crippen molar-refractivity contribution in [1.82, 2.24) is 0 Å². The number of hydrogen-bond acceptors (Lipinski definition) is 2. The van der Waals surface area contributed by atoms with E-state index >= 15 is 0 Å². The summed E-state index contributed by atoms with van der Waals surface area (Å²) in [7, 11) is 2.08. The summed E-state index contributed by atoms with van der Waals surface area (Å²) in [6.07, 6.45) is 4.15. The fraction of sp³-hybridized carbons (Fsp3) is 0.533. The summed E-state index contributed by atoms with van der Waals surface area (Å²) in [6, 6.07) is 8.62. The number of carboxylic acids is 1. The van der Waals surface area contributed by atoms with E-state index < -0.39 is 5.97 Å². The molecule has 1 aromatic carbocycles. The van der Waals surface area contributed by atoms with Crippen molar-refractivity contribution in [3.63, 3.8) is 0 Å². The highest BCUT2D eigenvalue weighted by atomic mass is 16.4. The molecule has 18 heavy (non-hydrogen) atoms. The molecular formula is C15H23NO2. The van der Waals surface area contributed by atoms with Crippen LogP contribution in [-0.4, -0.2) is 24.7 Å². The maximum absolute atomic E-state index is 10.4. The number of aryl methyl sites for hydroxylation is 1. The molecule has 0 heterocycles. The van der Waals surface area contributed by atoms with Crippen molar-refractivity contribution in [2.45, 2.75) is 39.0 Å². The van der Waals surface area contributed by atoms with Gasteiger partial charge in [-0.3, -0.25) is 4.79 Å². The summed E-state index contributed by atoms with van der Waals surface area (Å²) in [5.74, 6) is -0.696. The molecule has 0 atom stereocenters. The molecule has 0 spiro atoms. The number of unbranched alkanes of at least 4 members (excludes halogenated alkanes) is 2. The molecule has 0 aliphatic heterocycles. The molecule has 0 saturated heterocycles. The minimum absolute atomic E-state index is 0.287. The van der Waals surface area contributed by atoms with E-state index in [1.807, 2.05) is 0 Å². The Bertz CT molecular complexity index is 359. The first-order valence-electron chi connectivity index (χ1n) is 6.65. The van der Waals surface area contributed by atoms with Crippen molar-refractivity contribution in [2.75, 3.05) is 18.5 Å². The number of anilines is 1. The van der Waals surface area contributed by atoms with Gasteiger partial charge in [-0.15, -0.1) is 0 Å². The molecule has 3 heteroatoms. The van der Waals surface area contributed by atoms with Crippen molar-refractivity contribution in [3.8, 4) is 0 Å². The molecule has 1 aromatic rings. The van der Waals surface area contributed by atoms with Crippen molar-refractivity contribution in [2.24, 2.45) is 0 Å². The van der Waals surface area contributed by atoms with Crippen LogP contribution < -0.4 is 4.90 Å². The lowest BCUT2D eigenvalue weighted by Gasteiger charge is -2.19. The Hall–Kier alpha value is -1.51. The van der Waals surface area contributed by atoms with E-state index in [1.54, 1.807) is 0 Å². The predicted molar refractivity (Wildman–Crippen MR) is 75.2 cm³/mol. The molecule has 0 aliphatic carbocycles. The fourth-order valence-electron chi connectivity index (χ4n) is 1.92. The second kappa shape index (κ2) is 7.75. The van der Waals surface area contributed by atoms with Gasteiger partial charge in [-0.05, 0) is 37.0 Å². The minimum atomic E-state index is -0.696. The van der Waals surface area contributed by atoms with Crippen LogP contribution in [0.4, 0.5) is 5.69 Å². The van der Waals surface area contributed by atoms with Gasteiger partial charge in [0.1, 0.15) is 0 Å². The van der Waals surface area contributed by atoms with Crippen LogP contribution in [0.15, 0.2) is 24.3 Å². The maximum atomic E-state index is 10.4. The second-order valence-electron chi connectivity index (χ2n) is 4.65. The predicted octanol–water partition coefficient (Wildman–Crippen LogP) is 3.33. The average Bonchev–Trinajstić information content (AvgIpc) is 2.38. The van der Waals surface area contributed by atoms with Gasteiger partial charge in [0, 0.05) is 25.7 Å². The SMILES string of the molecule is CCc1ccc(N(C)CCCCCC(=O)O)cc1. The Labute approximate surface area is 109 Å². The van der Waals surface area contributed by atoms with E-state index in [2.05, 4.69) is 43.1 Å². The highest BCUT2D eigenvalue weighted by molar-refractivity contribution is 5.66. The summed E-state index contributed by atoms with van der Waals surface area (Å²) in [5, 5.41) is 8.54. The summed E-state index contributed by atoms with van der Waals surface area (Å²) >= 11 is 0. The molecule has 0 aromatic heterocycles. The Kier molecular flexibility index (Phi) is 6.26. The number of hydrogen-bond donors (Lipinski definition) is 1. The van der Waals surface area contributed by atoms with Crippen LogP contribution in [0.2, 0.25) is 0 Å². The largest absolute Gasteiger partial charge is 0.481 e. The molecule has 0 saturated carbocycles. The minimum Gasteiger partial charge on any atom is -0.481 e. The third-order valence-corrected chi connectivity index (χ3v) is 3.17. The van der Waals surface area contributed by atoms with E-state index in [0.29, 0.717) is 0 Å². The summed E-state index contributed by atoms with van der Waals surface area (Å²) in [6.45, 7) is 3.13. The average molecular weight is 249 g/mol. The number of carbonyl (C=O) groups is 1. The zero-order valence-electron chi connectivity index (χ0n) is 11.4. The van der Waals surface area contributed by atoms with Gasteiger partial charge in [-0.2, -0.15) is 0 Å². The van der Waals surface area contributed by atoms with Crippen molar-refractivity contribution < 1.29 is 9.90 Å². The molecule has 3 nitrogen and oxygen atoms in total. The van der Waals surface area contributed by atoms with Crippen molar-refractivity contribution in [1.29, 1.82) is 0 Å². The summed E-state index contributed by atoms with van der Waals surface area (Å²) < 4.78 is 0. The van der Waals surface area contributed by atoms with Gasteiger partial charge in [0.2, 0.25) is 0 Å². The van der Waals surface area contributed by atoms with Gasteiger partial charge in [0.15, 0.2) is 0 Å². The van der Waals surface area contributed by atoms with Crippen LogP contribution in [0.1, 0.15) is 38.2 Å². The van der Waals surface area contributed by atoms with E-state index in [0.717, 1.165) is 32.2 Å². The summed E-state index contributed by atoms with van der Waals surface area (Å²) in [5.41, 5.74) is 2.58. The molecule has 0 aliphatic rings. The number of carboxylic acid groups (broad SMARTS) is 1. The Morgan fingerprint density at radius 3 is 2.39 bits per heavy atom. The molecule has 1 rings (SSSR count). The molecule has 100 valence electrons. The van der Waals surface area contributed by atoms with Crippen LogP contribution in [0.25, 0.3) is 0 Å². The normalized spacial score (nSPS) is 10.3. The molecule has 0 radical (unpaired) electrons. The van der Waals surface area contributed by atoms with Crippen molar-refractivity contribution >= 4 is 11.7 Å². The van der Waals surface area contributed by atoms with Gasteiger partial charge in [0.05, 0.1) is 0 Å². The van der Waals surface area contributed by atoms with E-state index in [4.69, 9.17) is 5.11 Å². The lowest BCUT2D eigenvalue weighted by molar-refractivity contribution is -0.137. The monoisotopic (exact) mass is 249 g/mol. The van der Waals surface area contributed by atoms with Gasteiger partial charge in [-0.1, -0.05) is 25.5 Å². The molecule has 1 N–H and O–H groups in total. The van der Waals surface area contributed by atoms with Gasteiger partial charge < -0.3 is 10.0 Å². The van der Waals surface area contributed by atoms with Crippen LogP contribution in [0.5, 0.6) is 0 Å². The first-order chi connectivity index (χ1) is 8.63. The number of aliphatic carboxylic acids is 1. The number of rotatable bonds is 8. The third-order valence-electron chi connectivity index (χ3n) is 3.17. The van der Waals surface area contributed by atoms with Crippen LogP contribution in [0.3, 0.4) is 0 Å². The van der Waals surface area contributed by atoms with E-state index in [9.17, 15) is 4.79 Å². The second-order valence-corrected chi connectivity index (χ2v) is 4.65. The fourth-order valence-corrected chi connectivity index (χ4v) is 1.92. The first-order valence-corrected chi connectivity index (χ1v) is 6.65. The number of benzene rings is 1. The van der Waals surface area contributed by atoms with E-state index in [-0.39, 0.29) is 6.42 Å². The molecular weight excluding hydrogens is 226 g/mol. The smallest absolute Gasteiger partial charge is 0.303 e. The first kappa shape index (κ1) is 14.6. The van der Waals surface area contributed by atoms with Gasteiger partial charge in [-0.25, -0.2) is 0 Å². The zero-order valence-corrected chi connectivity index (χ0v) is 11.4. The van der Waals surface area contributed by atoms with Gasteiger partial charge >= 0.3 is 5.97 Å². The Morgan fingerprint density at radius 1 is 1.17 bits per heavy atom. The topological polar surface area (TPSA) is 40.5 Å². The molecule has 0 fully saturated rings. The Balaban J connectivity index is 2.27. The quantitative estimate of drug-likeness (QED) is 0.718. The molecule has 0 amide bonds. The molecule has 0 bridgehead atoms. The summed E-state index contributed by atoms with van der Waals surface area (Å²) in [4.78, 5) is 12.6. The molecule has 0 unspecified atom stereocenters. The van der Waals surface area contributed by atoms with Crippen molar-refractivity contribution in [3.05, 3.63) is 29.8 Å². The lowest BCUT2D eigenvalue weighted by Crippen LogP contribution is -2.18. The highest BCUT2D eigenvalue weighted by Gasteiger charge is 2.01. The standard InChI is InChI=1S/C15H23NO2/c1-3-13-8-10-14(11-9-13)16(2)12-6-4-5-7-15(17)18/h8-11H,3-7,12H2,1-2H3,(H,17,18).